The van der Waals surface area contributed by atoms with E-state index in [0.717, 1.165) is 24.1 Å². The van der Waals surface area contributed by atoms with Crippen LogP contribution in [0.15, 0.2) is 53.2 Å². The average Bonchev–Trinajstić information content (AvgIpc) is 3.27. The van der Waals surface area contributed by atoms with Crippen molar-refractivity contribution in [1.82, 2.24) is 20.3 Å². The fourth-order valence-electron chi connectivity index (χ4n) is 3.25. The van der Waals surface area contributed by atoms with E-state index in [-0.39, 0.29) is 23.7 Å². The Labute approximate surface area is 150 Å². The van der Waals surface area contributed by atoms with Gasteiger partial charge >= 0.3 is 0 Å². The summed E-state index contributed by atoms with van der Waals surface area (Å²) >= 11 is 0. The van der Waals surface area contributed by atoms with Crippen LogP contribution in [0.5, 0.6) is 0 Å². The number of amides is 1. The molecule has 1 aliphatic rings. The lowest BCUT2D eigenvalue weighted by molar-refractivity contribution is 0.0871. The molecular formula is C19H20N4O3. The Morgan fingerprint density at radius 1 is 1.31 bits per heavy atom. The molecule has 1 saturated carbocycles. The number of rotatable bonds is 5. The van der Waals surface area contributed by atoms with Gasteiger partial charge in [0.1, 0.15) is 0 Å². The van der Waals surface area contributed by atoms with Crippen LogP contribution in [0.25, 0.3) is 11.3 Å². The fourth-order valence-corrected chi connectivity index (χ4v) is 3.25. The van der Waals surface area contributed by atoms with Gasteiger partial charge in [0.15, 0.2) is 11.5 Å². The predicted molar refractivity (Wildman–Crippen MR) is 94.3 cm³/mol. The summed E-state index contributed by atoms with van der Waals surface area (Å²) in [6, 6.07) is 13.3. The number of aliphatic hydroxyl groups excluding tert-OH is 1. The van der Waals surface area contributed by atoms with Gasteiger partial charge in [-0.1, -0.05) is 35.5 Å². The molecule has 0 bridgehead atoms. The zero-order valence-corrected chi connectivity index (χ0v) is 14.4. The number of carbonyl (C=O) groups is 1. The zero-order chi connectivity index (χ0) is 18.1. The highest BCUT2D eigenvalue weighted by Crippen LogP contribution is 2.34. The van der Waals surface area contributed by atoms with E-state index in [9.17, 15) is 9.90 Å². The number of carbonyl (C=O) groups excluding carboxylic acids is 1. The largest absolute Gasteiger partial charge is 0.387 e. The van der Waals surface area contributed by atoms with Crippen molar-refractivity contribution in [2.45, 2.75) is 38.0 Å². The molecule has 4 rings (SSSR count). The van der Waals surface area contributed by atoms with Crippen LogP contribution in [-0.2, 0) is 0 Å². The molecule has 7 nitrogen and oxygen atoms in total. The number of aromatic nitrogens is 3. The Hall–Kier alpha value is -2.93. The highest BCUT2D eigenvalue weighted by Gasteiger charge is 2.34. The molecule has 1 fully saturated rings. The maximum atomic E-state index is 12.4. The molecule has 2 heterocycles. The van der Waals surface area contributed by atoms with Crippen LogP contribution in [0.2, 0.25) is 0 Å². The topological polar surface area (TPSA) is 93.2 Å². The van der Waals surface area contributed by atoms with Crippen LogP contribution in [-0.4, -0.2) is 32.0 Å². The monoisotopic (exact) mass is 352 g/mol. The minimum atomic E-state index is -0.558. The first-order valence-corrected chi connectivity index (χ1v) is 8.66. The minimum absolute atomic E-state index is 0.0652. The third kappa shape index (κ3) is 3.13. The summed E-state index contributed by atoms with van der Waals surface area (Å²) in [5.41, 5.74) is 1.95. The summed E-state index contributed by atoms with van der Waals surface area (Å²) < 4.78 is 7.12. The van der Waals surface area contributed by atoms with Crippen molar-refractivity contribution in [2.75, 3.05) is 0 Å². The summed E-state index contributed by atoms with van der Waals surface area (Å²) in [6.45, 7) is 1.72. The highest BCUT2D eigenvalue weighted by atomic mass is 16.5. The third-order valence-corrected chi connectivity index (χ3v) is 4.72. The second-order valence-electron chi connectivity index (χ2n) is 6.61. The molecular weight excluding hydrogens is 332 g/mol. The Morgan fingerprint density at radius 3 is 2.81 bits per heavy atom. The highest BCUT2D eigenvalue weighted by molar-refractivity contribution is 5.93. The fraction of sp³-hybridized carbons (Fsp3) is 0.316. The molecule has 0 saturated heterocycles. The first-order valence-electron chi connectivity index (χ1n) is 8.66. The van der Waals surface area contributed by atoms with E-state index in [1.807, 2.05) is 41.1 Å². The predicted octanol–water partition coefficient (Wildman–Crippen LogP) is 2.72. The van der Waals surface area contributed by atoms with E-state index >= 15 is 0 Å². The molecule has 0 unspecified atom stereocenters. The molecule has 0 radical (unpaired) electrons. The Balaban J connectivity index is 1.36. The summed E-state index contributed by atoms with van der Waals surface area (Å²) in [7, 11) is 0. The van der Waals surface area contributed by atoms with Gasteiger partial charge in [-0.2, -0.15) is 5.10 Å². The van der Waals surface area contributed by atoms with Crippen LogP contribution in [0, 0.1) is 0 Å². The van der Waals surface area contributed by atoms with Crippen LogP contribution in [0.1, 0.15) is 48.1 Å². The summed E-state index contributed by atoms with van der Waals surface area (Å²) in [5, 5.41) is 20.9. The van der Waals surface area contributed by atoms with Gasteiger partial charge in [0.25, 0.3) is 5.91 Å². The van der Waals surface area contributed by atoms with E-state index in [4.69, 9.17) is 4.52 Å². The molecule has 7 heteroatoms. The number of nitrogens with zero attached hydrogens (tertiary/aromatic N) is 3. The maximum absolute atomic E-state index is 12.4. The number of benzene rings is 1. The quantitative estimate of drug-likeness (QED) is 0.736. The average molecular weight is 352 g/mol. The minimum Gasteiger partial charge on any atom is -0.387 e. The van der Waals surface area contributed by atoms with E-state index in [1.54, 1.807) is 19.2 Å². The van der Waals surface area contributed by atoms with Crippen molar-refractivity contribution in [1.29, 1.82) is 0 Å². The SMILES string of the molecule is C[C@@H](O)c1ccnn1[C@H]1C[C@@H](NC(=O)c2cc(-c3ccccc3)on2)C1. The second-order valence-corrected chi connectivity index (χ2v) is 6.61. The van der Waals surface area contributed by atoms with Gasteiger partial charge in [-0.3, -0.25) is 9.48 Å². The smallest absolute Gasteiger partial charge is 0.273 e. The van der Waals surface area contributed by atoms with Gasteiger partial charge in [-0.15, -0.1) is 0 Å². The Morgan fingerprint density at radius 2 is 2.08 bits per heavy atom. The van der Waals surface area contributed by atoms with Crippen molar-refractivity contribution in [3.05, 3.63) is 60.0 Å². The molecule has 26 heavy (non-hydrogen) atoms. The van der Waals surface area contributed by atoms with E-state index in [1.165, 1.54) is 0 Å². The lowest BCUT2D eigenvalue weighted by Crippen LogP contribution is -2.45. The maximum Gasteiger partial charge on any atom is 0.273 e. The lowest BCUT2D eigenvalue weighted by Gasteiger charge is -2.36. The van der Waals surface area contributed by atoms with Crippen LogP contribution < -0.4 is 5.32 Å². The number of hydrogen-bond donors (Lipinski definition) is 2. The summed E-state index contributed by atoms with van der Waals surface area (Å²) in [4.78, 5) is 12.4. The zero-order valence-electron chi connectivity index (χ0n) is 14.4. The van der Waals surface area contributed by atoms with Gasteiger partial charge < -0.3 is 14.9 Å². The van der Waals surface area contributed by atoms with Gasteiger partial charge in [0.2, 0.25) is 0 Å². The molecule has 0 spiro atoms. The number of hydrogen-bond acceptors (Lipinski definition) is 5. The van der Waals surface area contributed by atoms with Crippen molar-refractivity contribution >= 4 is 5.91 Å². The molecule has 134 valence electrons. The van der Waals surface area contributed by atoms with E-state index < -0.39 is 6.10 Å². The van der Waals surface area contributed by atoms with E-state index in [0.29, 0.717) is 5.76 Å². The van der Waals surface area contributed by atoms with E-state index in [2.05, 4.69) is 15.6 Å². The molecule has 3 aromatic rings. The Kier molecular flexibility index (Phi) is 4.30. The van der Waals surface area contributed by atoms with Crippen molar-refractivity contribution < 1.29 is 14.4 Å². The standard InChI is InChI=1S/C19H20N4O3/c1-12(24)17-7-8-20-23(17)15-9-14(10-15)21-19(25)16-11-18(26-22-16)13-5-3-2-4-6-13/h2-8,11-12,14-15,24H,9-10H2,1H3,(H,21,25)/t12-,14-,15+/m1/s1. The third-order valence-electron chi connectivity index (χ3n) is 4.72. The molecule has 1 amide bonds. The van der Waals surface area contributed by atoms with Crippen LogP contribution in [0.3, 0.4) is 0 Å². The first-order chi connectivity index (χ1) is 12.6. The number of nitrogens with one attached hydrogen (secondary N) is 1. The summed E-state index contributed by atoms with van der Waals surface area (Å²) in [5.74, 6) is 0.330. The van der Waals surface area contributed by atoms with Gasteiger partial charge in [-0.25, -0.2) is 0 Å². The van der Waals surface area contributed by atoms with Crippen LogP contribution >= 0.6 is 0 Å². The van der Waals surface area contributed by atoms with Gasteiger partial charge in [0, 0.05) is 23.9 Å². The molecule has 2 aromatic heterocycles. The van der Waals surface area contributed by atoms with Crippen molar-refractivity contribution in [2.24, 2.45) is 0 Å². The molecule has 1 aliphatic carbocycles. The molecule has 1 aromatic carbocycles. The second kappa shape index (κ2) is 6.76. The van der Waals surface area contributed by atoms with Gasteiger partial charge in [0.05, 0.1) is 17.8 Å². The molecule has 2 N–H and O–H groups in total. The lowest BCUT2D eigenvalue weighted by atomic mass is 9.86. The van der Waals surface area contributed by atoms with Crippen molar-refractivity contribution in [3.63, 3.8) is 0 Å². The van der Waals surface area contributed by atoms with Gasteiger partial charge in [-0.05, 0) is 25.8 Å². The first kappa shape index (κ1) is 16.5. The Bertz CT molecular complexity index is 894. The number of aliphatic hydroxyl groups is 1. The summed E-state index contributed by atoms with van der Waals surface area (Å²) in [6.07, 6.45) is 2.68. The molecule has 1 atom stereocenters. The van der Waals surface area contributed by atoms with Crippen LogP contribution in [0.4, 0.5) is 0 Å². The normalized spacial score (nSPS) is 20.4. The molecule has 0 aliphatic heterocycles. The van der Waals surface area contributed by atoms with Crippen molar-refractivity contribution in [3.8, 4) is 11.3 Å².